The van der Waals surface area contributed by atoms with E-state index in [1.807, 2.05) is 42.5 Å². The molecule has 2 heterocycles. The summed E-state index contributed by atoms with van der Waals surface area (Å²) in [5.74, 6) is 0. The second kappa shape index (κ2) is 4.05. The molecule has 2 aromatic heterocycles. The molecule has 0 radical (unpaired) electrons. The quantitative estimate of drug-likeness (QED) is 0.439. The number of hydrogen-bond acceptors (Lipinski definition) is 3. The van der Waals surface area contributed by atoms with Crippen molar-refractivity contribution in [3.63, 3.8) is 0 Å². The molecule has 0 aliphatic carbocycles. The van der Waals surface area contributed by atoms with Crippen molar-refractivity contribution in [1.82, 2.24) is 9.38 Å². The zero-order valence-corrected chi connectivity index (χ0v) is 11.9. The van der Waals surface area contributed by atoms with Crippen molar-refractivity contribution < 1.29 is 0 Å². The van der Waals surface area contributed by atoms with Crippen molar-refractivity contribution in [2.24, 2.45) is 0 Å². The molecule has 0 bridgehead atoms. The van der Waals surface area contributed by atoms with E-state index in [1.54, 1.807) is 16.5 Å². The highest BCUT2D eigenvalue weighted by atomic mass is 16.1. The molecule has 0 saturated carbocycles. The maximum Gasteiger partial charge on any atom is 0.264 e. The van der Waals surface area contributed by atoms with Crippen LogP contribution in [0.5, 0.6) is 0 Å². The molecule has 0 aliphatic heterocycles. The fourth-order valence-corrected chi connectivity index (χ4v) is 3.40. The summed E-state index contributed by atoms with van der Waals surface area (Å²) in [6.45, 7) is 0. The van der Waals surface area contributed by atoms with Gasteiger partial charge in [-0.05, 0) is 24.3 Å². The molecule has 0 N–H and O–H groups in total. The molecule has 0 spiro atoms. The lowest BCUT2D eigenvalue weighted by atomic mass is 9.99. The molecule has 4 heteroatoms. The molecule has 0 fully saturated rings. The smallest absolute Gasteiger partial charge is 0.264 e. The molecule has 3 aromatic carbocycles. The van der Waals surface area contributed by atoms with Crippen LogP contribution in [0, 0.1) is 11.3 Å². The van der Waals surface area contributed by atoms with Crippen LogP contribution in [0.3, 0.4) is 0 Å². The van der Waals surface area contributed by atoms with Gasteiger partial charge in [-0.25, -0.2) is 4.98 Å². The Hall–Kier alpha value is -3.45. The highest BCUT2D eigenvalue weighted by molar-refractivity contribution is 6.16. The number of nitriles is 1. The van der Waals surface area contributed by atoms with Gasteiger partial charge in [-0.3, -0.25) is 9.20 Å². The van der Waals surface area contributed by atoms with E-state index in [2.05, 4.69) is 11.1 Å². The number of benzene rings is 3. The Morgan fingerprint density at radius 1 is 0.913 bits per heavy atom. The van der Waals surface area contributed by atoms with Crippen LogP contribution in [0.25, 0.3) is 38.2 Å². The van der Waals surface area contributed by atoms with E-state index in [0.717, 1.165) is 27.2 Å². The molecule has 0 atom stereocenters. The van der Waals surface area contributed by atoms with Gasteiger partial charge < -0.3 is 0 Å². The lowest BCUT2D eigenvalue weighted by Gasteiger charge is -2.08. The summed E-state index contributed by atoms with van der Waals surface area (Å²) in [6, 6.07) is 19.0. The lowest BCUT2D eigenvalue weighted by molar-refractivity contribution is 1.19. The molecular weight excluding hydrogens is 286 g/mol. The van der Waals surface area contributed by atoms with Gasteiger partial charge >= 0.3 is 0 Å². The predicted octanol–water partition coefficient (Wildman–Crippen LogP) is 3.46. The average molecular weight is 295 g/mol. The second-order valence-electron chi connectivity index (χ2n) is 5.57. The Bertz CT molecular complexity index is 1340. The van der Waals surface area contributed by atoms with Gasteiger partial charge in [-0.2, -0.15) is 5.26 Å². The van der Waals surface area contributed by atoms with Gasteiger partial charge in [0.05, 0.1) is 22.7 Å². The average Bonchev–Trinajstić information content (AvgIpc) is 2.99. The largest absolute Gasteiger partial charge is 0.268 e. The van der Waals surface area contributed by atoms with Crippen molar-refractivity contribution >= 4 is 38.2 Å². The van der Waals surface area contributed by atoms with E-state index in [0.29, 0.717) is 16.6 Å². The Labute approximate surface area is 130 Å². The van der Waals surface area contributed by atoms with Crippen molar-refractivity contribution in [3.05, 3.63) is 70.5 Å². The van der Waals surface area contributed by atoms with Gasteiger partial charge in [0, 0.05) is 21.5 Å². The van der Waals surface area contributed by atoms with E-state index in [1.165, 1.54) is 0 Å². The first-order valence-corrected chi connectivity index (χ1v) is 7.28. The van der Waals surface area contributed by atoms with E-state index in [9.17, 15) is 10.1 Å². The summed E-state index contributed by atoms with van der Waals surface area (Å²) < 4.78 is 1.67. The van der Waals surface area contributed by atoms with Crippen LogP contribution in [0.4, 0.5) is 0 Å². The summed E-state index contributed by atoms with van der Waals surface area (Å²) in [6.07, 6.45) is 0. The molecule has 23 heavy (non-hydrogen) atoms. The topological polar surface area (TPSA) is 58.2 Å². The number of pyridine rings is 1. The molecule has 5 rings (SSSR count). The second-order valence-corrected chi connectivity index (χ2v) is 5.57. The summed E-state index contributed by atoms with van der Waals surface area (Å²) in [7, 11) is 0. The number of nitrogens with zero attached hydrogens (tertiary/aromatic N) is 3. The third kappa shape index (κ3) is 1.39. The summed E-state index contributed by atoms with van der Waals surface area (Å²) in [5.41, 5.74) is 2.72. The van der Waals surface area contributed by atoms with Crippen molar-refractivity contribution in [2.75, 3.05) is 0 Å². The molecule has 0 unspecified atom stereocenters. The van der Waals surface area contributed by atoms with Crippen LogP contribution in [-0.2, 0) is 0 Å². The van der Waals surface area contributed by atoms with E-state index in [4.69, 9.17) is 0 Å². The van der Waals surface area contributed by atoms with Crippen LogP contribution >= 0.6 is 0 Å². The Kier molecular flexibility index (Phi) is 2.14. The fraction of sp³-hybridized carbons (Fsp3) is 0. The van der Waals surface area contributed by atoms with Gasteiger partial charge in [0.2, 0.25) is 0 Å². The van der Waals surface area contributed by atoms with Crippen LogP contribution in [0.2, 0.25) is 0 Å². The lowest BCUT2D eigenvalue weighted by Crippen LogP contribution is -2.13. The van der Waals surface area contributed by atoms with Crippen LogP contribution in [-0.4, -0.2) is 9.38 Å². The molecule has 0 amide bonds. The van der Waals surface area contributed by atoms with Crippen molar-refractivity contribution in [1.29, 1.82) is 5.26 Å². The van der Waals surface area contributed by atoms with Gasteiger partial charge in [-0.1, -0.05) is 30.3 Å². The molecule has 106 valence electrons. The first-order valence-electron chi connectivity index (χ1n) is 7.28. The first-order chi connectivity index (χ1) is 11.3. The molecule has 0 saturated heterocycles. The minimum atomic E-state index is -0.0955. The van der Waals surface area contributed by atoms with Crippen LogP contribution in [0.1, 0.15) is 5.56 Å². The SMILES string of the molecule is N#Cc1ccc2c(=O)n3c4ccccc4nc3c3cccc1c23. The number of fused-ring (bicyclic) bond motifs is 4. The minimum Gasteiger partial charge on any atom is -0.268 e. The third-order valence-electron chi connectivity index (χ3n) is 4.40. The monoisotopic (exact) mass is 295 g/mol. The van der Waals surface area contributed by atoms with E-state index in [-0.39, 0.29) is 5.56 Å². The zero-order chi connectivity index (χ0) is 15.6. The fourth-order valence-electron chi connectivity index (χ4n) is 3.40. The Morgan fingerprint density at radius 3 is 2.61 bits per heavy atom. The maximum absolute atomic E-state index is 13.0. The number of imidazole rings is 1. The van der Waals surface area contributed by atoms with Crippen molar-refractivity contribution in [3.8, 4) is 6.07 Å². The van der Waals surface area contributed by atoms with Crippen molar-refractivity contribution in [2.45, 2.75) is 0 Å². The summed E-state index contributed by atoms with van der Waals surface area (Å²) in [5, 5.41) is 12.5. The number of para-hydroxylation sites is 2. The molecular formula is C19H9N3O. The number of hydrogen-bond donors (Lipinski definition) is 0. The Morgan fingerprint density at radius 2 is 1.74 bits per heavy atom. The highest BCUT2D eigenvalue weighted by Crippen LogP contribution is 2.31. The van der Waals surface area contributed by atoms with E-state index < -0.39 is 0 Å². The number of aromatic nitrogens is 2. The van der Waals surface area contributed by atoms with Crippen LogP contribution in [0.15, 0.2) is 59.4 Å². The molecule has 0 aliphatic rings. The van der Waals surface area contributed by atoms with Crippen LogP contribution < -0.4 is 5.56 Å². The predicted molar refractivity (Wildman–Crippen MR) is 89.9 cm³/mol. The zero-order valence-electron chi connectivity index (χ0n) is 11.9. The third-order valence-corrected chi connectivity index (χ3v) is 4.40. The van der Waals surface area contributed by atoms with Gasteiger partial charge in [0.15, 0.2) is 0 Å². The maximum atomic E-state index is 13.0. The minimum absolute atomic E-state index is 0.0955. The molecule has 4 nitrogen and oxygen atoms in total. The number of rotatable bonds is 0. The molecule has 5 aromatic rings. The normalized spacial score (nSPS) is 11.6. The van der Waals surface area contributed by atoms with Gasteiger partial charge in [0.25, 0.3) is 5.56 Å². The standard InChI is InChI=1S/C19H9N3O/c20-10-11-8-9-14-17-12(11)4-3-5-13(17)18-21-15-6-1-2-7-16(15)22(18)19(14)23/h1-9H. The van der Waals surface area contributed by atoms with Gasteiger partial charge in [-0.15, -0.1) is 0 Å². The van der Waals surface area contributed by atoms with E-state index >= 15 is 0 Å². The van der Waals surface area contributed by atoms with Gasteiger partial charge in [0.1, 0.15) is 5.65 Å². The summed E-state index contributed by atoms with van der Waals surface area (Å²) in [4.78, 5) is 17.7. The first kappa shape index (κ1) is 12.1. The summed E-state index contributed by atoms with van der Waals surface area (Å²) >= 11 is 0. The highest BCUT2D eigenvalue weighted by Gasteiger charge is 2.16. The Balaban J connectivity index is 2.22.